The standard InChI is InChI=1S/C17H21BFNO/c1-4-15(19)8-7-14(3)17(11-20(18)12-17)21-16-9-5-13(2)6-10-16/h4-10H,3,11-12,18H2,1-2H3/b8-7-,15-4+. The third-order valence-corrected chi connectivity index (χ3v) is 3.69. The van der Waals surface area contributed by atoms with Crippen molar-refractivity contribution in [2.45, 2.75) is 19.4 Å². The topological polar surface area (TPSA) is 12.5 Å². The van der Waals surface area contributed by atoms with Crippen molar-refractivity contribution in [2.24, 2.45) is 0 Å². The minimum absolute atomic E-state index is 0.269. The van der Waals surface area contributed by atoms with Gasteiger partial charge in [0.15, 0.2) is 13.6 Å². The van der Waals surface area contributed by atoms with Gasteiger partial charge in [-0.2, -0.15) is 0 Å². The van der Waals surface area contributed by atoms with E-state index in [0.717, 1.165) is 24.4 Å². The number of allylic oxidation sites excluding steroid dienone is 3. The van der Waals surface area contributed by atoms with E-state index >= 15 is 0 Å². The van der Waals surface area contributed by atoms with E-state index in [2.05, 4.69) is 11.4 Å². The largest absolute Gasteiger partial charge is 0.480 e. The molecule has 4 heteroatoms. The molecule has 1 saturated heterocycles. The van der Waals surface area contributed by atoms with Crippen molar-refractivity contribution in [1.29, 1.82) is 0 Å². The van der Waals surface area contributed by atoms with Crippen LogP contribution >= 0.6 is 0 Å². The molecule has 1 aliphatic heterocycles. The molecule has 1 aromatic rings. The number of aryl methyl sites for hydroxylation is 1. The van der Waals surface area contributed by atoms with Gasteiger partial charge in [-0.3, -0.25) is 0 Å². The first-order valence-electron chi connectivity index (χ1n) is 7.09. The monoisotopic (exact) mass is 285 g/mol. The summed E-state index contributed by atoms with van der Waals surface area (Å²) in [6.07, 6.45) is 4.56. The molecule has 110 valence electrons. The average molecular weight is 285 g/mol. The molecule has 0 bridgehead atoms. The van der Waals surface area contributed by atoms with Gasteiger partial charge in [0.1, 0.15) is 11.6 Å². The molecule has 0 unspecified atom stereocenters. The molecule has 0 radical (unpaired) electrons. The van der Waals surface area contributed by atoms with E-state index in [-0.39, 0.29) is 5.83 Å². The molecule has 1 aliphatic rings. The number of benzene rings is 1. The second kappa shape index (κ2) is 6.31. The van der Waals surface area contributed by atoms with Crippen LogP contribution in [0, 0.1) is 6.92 Å². The molecule has 0 aliphatic carbocycles. The third kappa shape index (κ3) is 3.64. The van der Waals surface area contributed by atoms with Crippen LogP contribution in [0.15, 0.2) is 60.5 Å². The van der Waals surface area contributed by atoms with E-state index in [1.54, 1.807) is 13.0 Å². The fourth-order valence-corrected chi connectivity index (χ4v) is 2.42. The van der Waals surface area contributed by atoms with Crippen molar-refractivity contribution in [3.8, 4) is 5.75 Å². The highest BCUT2D eigenvalue weighted by atomic mass is 19.1. The number of halogens is 1. The third-order valence-electron chi connectivity index (χ3n) is 3.69. The van der Waals surface area contributed by atoms with Crippen molar-refractivity contribution in [1.82, 2.24) is 4.81 Å². The van der Waals surface area contributed by atoms with Crippen LogP contribution in [0.25, 0.3) is 0 Å². The van der Waals surface area contributed by atoms with Gasteiger partial charge >= 0.3 is 0 Å². The predicted molar refractivity (Wildman–Crippen MR) is 87.8 cm³/mol. The van der Waals surface area contributed by atoms with Gasteiger partial charge in [0.2, 0.25) is 0 Å². The summed E-state index contributed by atoms with van der Waals surface area (Å²) in [5.41, 5.74) is 1.52. The zero-order valence-corrected chi connectivity index (χ0v) is 12.9. The summed E-state index contributed by atoms with van der Waals surface area (Å²) in [5, 5.41) is 0. The molecule has 2 nitrogen and oxygen atoms in total. The molecule has 0 atom stereocenters. The van der Waals surface area contributed by atoms with E-state index in [9.17, 15) is 4.39 Å². The van der Waals surface area contributed by atoms with Crippen molar-refractivity contribution in [3.05, 3.63) is 66.0 Å². The zero-order valence-electron chi connectivity index (χ0n) is 12.9. The summed E-state index contributed by atoms with van der Waals surface area (Å²) in [7, 11) is 2.03. The lowest BCUT2D eigenvalue weighted by molar-refractivity contribution is -0.000352. The highest BCUT2D eigenvalue weighted by Gasteiger charge is 2.44. The summed E-state index contributed by atoms with van der Waals surface area (Å²) in [5.74, 6) is 0.545. The van der Waals surface area contributed by atoms with E-state index in [1.807, 2.05) is 39.2 Å². The van der Waals surface area contributed by atoms with Gasteiger partial charge in [0, 0.05) is 13.1 Å². The summed E-state index contributed by atoms with van der Waals surface area (Å²) in [6.45, 7) is 9.28. The van der Waals surface area contributed by atoms with Crippen molar-refractivity contribution < 1.29 is 9.13 Å². The summed E-state index contributed by atoms with van der Waals surface area (Å²) in [6, 6.07) is 7.95. The van der Waals surface area contributed by atoms with E-state index in [1.165, 1.54) is 17.7 Å². The lowest BCUT2D eigenvalue weighted by atomic mass is 9.83. The Kier molecular flexibility index (Phi) is 4.68. The van der Waals surface area contributed by atoms with E-state index < -0.39 is 5.60 Å². The first-order valence-corrected chi connectivity index (χ1v) is 7.09. The lowest BCUT2D eigenvalue weighted by Crippen LogP contribution is -2.64. The number of nitrogens with zero attached hydrogens (tertiary/aromatic N) is 1. The second-order valence-electron chi connectivity index (χ2n) is 5.61. The fraction of sp³-hybridized carbons (Fsp3) is 0.294. The van der Waals surface area contributed by atoms with Gasteiger partial charge in [-0.1, -0.05) is 36.4 Å². The van der Waals surface area contributed by atoms with Crippen molar-refractivity contribution >= 4 is 7.98 Å². The number of ether oxygens (including phenoxy) is 1. The smallest absolute Gasteiger partial charge is 0.185 e. The van der Waals surface area contributed by atoms with Crippen LogP contribution in [-0.2, 0) is 0 Å². The van der Waals surface area contributed by atoms with Crippen molar-refractivity contribution in [3.63, 3.8) is 0 Å². The fourth-order valence-electron chi connectivity index (χ4n) is 2.42. The van der Waals surface area contributed by atoms with Gasteiger partial charge in [-0.15, -0.1) is 0 Å². The van der Waals surface area contributed by atoms with Crippen molar-refractivity contribution in [2.75, 3.05) is 13.1 Å². The Hall–Kier alpha value is -1.81. The van der Waals surface area contributed by atoms with Gasteiger partial charge in [-0.25, -0.2) is 4.39 Å². The SMILES string of the molecule is BN1CC(Oc2ccc(C)cc2)(C(=C)/C=C\C(F)=C/C)C1. The van der Waals surface area contributed by atoms with Crippen LogP contribution in [0.5, 0.6) is 5.75 Å². The molecule has 0 amide bonds. The highest BCUT2D eigenvalue weighted by molar-refractivity contribution is 6.05. The van der Waals surface area contributed by atoms with Crippen LogP contribution in [-0.4, -0.2) is 31.5 Å². The van der Waals surface area contributed by atoms with Crippen LogP contribution in [0.4, 0.5) is 4.39 Å². The molecule has 1 aromatic carbocycles. The van der Waals surface area contributed by atoms with Crippen LogP contribution in [0.1, 0.15) is 12.5 Å². The maximum absolute atomic E-state index is 13.2. The first-order chi connectivity index (χ1) is 9.95. The van der Waals surface area contributed by atoms with Crippen LogP contribution < -0.4 is 4.74 Å². The number of hydrogen-bond acceptors (Lipinski definition) is 2. The first kappa shape index (κ1) is 15.6. The van der Waals surface area contributed by atoms with Crippen LogP contribution in [0.2, 0.25) is 0 Å². The Morgan fingerprint density at radius 1 is 1.33 bits per heavy atom. The lowest BCUT2D eigenvalue weighted by Gasteiger charge is -2.49. The summed E-state index contributed by atoms with van der Waals surface area (Å²) in [4.78, 5) is 2.15. The maximum Gasteiger partial charge on any atom is 0.185 e. The van der Waals surface area contributed by atoms with Gasteiger partial charge < -0.3 is 9.55 Å². The molecule has 1 fully saturated rings. The predicted octanol–water partition coefficient (Wildman–Crippen LogP) is 2.96. The maximum atomic E-state index is 13.2. The molecule has 0 aromatic heterocycles. The molecule has 1 heterocycles. The molecule has 2 rings (SSSR count). The second-order valence-corrected chi connectivity index (χ2v) is 5.61. The summed E-state index contributed by atoms with van der Waals surface area (Å²) < 4.78 is 19.4. The molecular weight excluding hydrogens is 264 g/mol. The molecule has 0 N–H and O–H groups in total. The van der Waals surface area contributed by atoms with Gasteiger partial charge in [-0.05, 0) is 37.6 Å². The normalized spacial score (nSPS) is 18.5. The summed E-state index contributed by atoms with van der Waals surface area (Å²) >= 11 is 0. The average Bonchev–Trinajstić information content (AvgIpc) is 2.44. The Morgan fingerprint density at radius 3 is 2.48 bits per heavy atom. The number of rotatable bonds is 5. The molecular formula is C17H21BFNO. The zero-order chi connectivity index (χ0) is 15.5. The van der Waals surface area contributed by atoms with Gasteiger partial charge in [0.25, 0.3) is 0 Å². The highest BCUT2D eigenvalue weighted by Crippen LogP contribution is 2.33. The Balaban J connectivity index is 2.15. The van der Waals surface area contributed by atoms with E-state index in [4.69, 9.17) is 4.74 Å². The number of hydrogen-bond donors (Lipinski definition) is 0. The van der Waals surface area contributed by atoms with Crippen LogP contribution in [0.3, 0.4) is 0 Å². The minimum Gasteiger partial charge on any atom is -0.480 e. The quantitative estimate of drug-likeness (QED) is 0.609. The molecule has 0 saturated carbocycles. The minimum atomic E-state index is -0.464. The van der Waals surface area contributed by atoms with Gasteiger partial charge in [0.05, 0.1) is 0 Å². The molecule has 21 heavy (non-hydrogen) atoms. The Bertz CT molecular complexity index is 571. The Labute approximate surface area is 127 Å². The molecule has 0 spiro atoms. The van der Waals surface area contributed by atoms with E-state index in [0.29, 0.717) is 0 Å². The Morgan fingerprint density at radius 2 is 1.95 bits per heavy atom.